The number of hydrogen-bond acceptors (Lipinski definition) is 2. The van der Waals surface area contributed by atoms with Gasteiger partial charge in [-0.1, -0.05) is 140 Å². The van der Waals surface area contributed by atoms with Gasteiger partial charge < -0.3 is 9.32 Å². The normalized spacial score (nSPS) is 12.0. The van der Waals surface area contributed by atoms with Crippen molar-refractivity contribution in [3.63, 3.8) is 0 Å². The molecule has 9 aromatic rings. The Morgan fingerprint density at radius 3 is 1.66 bits per heavy atom. The van der Waals surface area contributed by atoms with Crippen LogP contribution in [0.3, 0.4) is 0 Å². The first kappa shape index (κ1) is 27.3. The summed E-state index contributed by atoms with van der Waals surface area (Å²) < 4.78 is 6.66. The van der Waals surface area contributed by atoms with Crippen LogP contribution in [-0.4, -0.2) is 0 Å². The second kappa shape index (κ2) is 10.4. The monoisotopic (exact) mass is 635 g/mol. The van der Waals surface area contributed by atoms with E-state index in [1.807, 2.05) is 6.07 Å². The third-order valence-electron chi connectivity index (χ3n) is 10.6. The zero-order valence-corrected chi connectivity index (χ0v) is 27.1. The Balaban J connectivity index is 1.18. The summed E-state index contributed by atoms with van der Waals surface area (Å²) in [5, 5.41) is 2.23. The third kappa shape index (κ3) is 3.85. The molecule has 2 aliphatic carbocycles. The van der Waals surface area contributed by atoms with E-state index in [1.165, 1.54) is 66.8 Å². The molecule has 11 rings (SSSR count). The molecule has 1 heterocycles. The van der Waals surface area contributed by atoms with Gasteiger partial charge in [-0.3, -0.25) is 0 Å². The molecule has 50 heavy (non-hydrogen) atoms. The van der Waals surface area contributed by atoms with Gasteiger partial charge >= 0.3 is 0 Å². The van der Waals surface area contributed by atoms with Crippen LogP contribution in [-0.2, 0) is 0 Å². The molecule has 2 heteroatoms. The summed E-state index contributed by atoms with van der Waals surface area (Å²) in [6.45, 7) is 0. The van der Waals surface area contributed by atoms with Crippen molar-refractivity contribution >= 4 is 39.0 Å². The lowest BCUT2D eigenvalue weighted by Gasteiger charge is -2.28. The second-order valence-corrected chi connectivity index (χ2v) is 13.2. The van der Waals surface area contributed by atoms with E-state index >= 15 is 0 Å². The van der Waals surface area contributed by atoms with Gasteiger partial charge in [-0.25, -0.2) is 0 Å². The van der Waals surface area contributed by atoms with Gasteiger partial charge in [-0.15, -0.1) is 0 Å². The number of nitrogens with zero attached hydrogens (tertiary/aromatic N) is 1. The van der Waals surface area contributed by atoms with Crippen molar-refractivity contribution in [2.75, 3.05) is 4.90 Å². The smallest absolute Gasteiger partial charge is 0.159 e. The molecule has 2 nitrogen and oxygen atoms in total. The molecule has 0 saturated carbocycles. The van der Waals surface area contributed by atoms with Crippen LogP contribution < -0.4 is 4.90 Å². The van der Waals surface area contributed by atoms with Crippen molar-refractivity contribution in [2.24, 2.45) is 0 Å². The molecule has 0 atom stereocenters. The molecule has 0 radical (unpaired) electrons. The molecular formula is C48H29NO. The van der Waals surface area contributed by atoms with Crippen LogP contribution in [0.15, 0.2) is 180 Å². The zero-order valence-electron chi connectivity index (χ0n) is 27.1. The topological polar surface area (TPSA) is 16.4 Å². The van der Waals surface area contributed by atoms with Crippen LogP contribution in [0.4, 0.5) is 17.1 Å². The van der Waals surface area contributed by atoms with Gasteiger partial charge in [0, 0.05) is 22.1 Å². The van der Waals surface area contributed by atoms with E-state index < -0.39 is 0 Å². The molecule has 6 bridgehead atoms. The van der Waals surface area contributed by atoms with Crippen molar-refractivity contribution in [1.29, 1.82) is 0 Å². The number of fused-ring (bicyclic) bond motifs is 7. The minimum Gasteiger partial charge on any atom is -0.454 e. The van der Waals surface area contributed by atoms with Crippen LogP contribution in [0.25, 0.3) is 88.7 Å². The van der Waals surface area contributed by atoms with Gasteiger partial charge in [0.05, 0.1) is 5.69 Å². The molecule has 8 aromatic carbocycles. The van der Waals surface area contributed by atoms with Crippen molar-refractivity contribution in [2.45, 2.75) is 0 Å². The predicted octanol–water partition coefficient (Wildman–Crippen LogP) is 13.7. The fourth-order valence-electron chi connectivity index (χ4n) is 8.40. The van der Waals surface area contributed by atoms with Gasteiger partial charge in [0.2, 0.25) is 0 Å². The van der Waals surface area contributed by atoms with E-state index in [4.69, 9.17) is 4.42 Å². The molecule has 1 aromatic heterocycles. The van der Waals surface area contributed by atoms with Crippen LogP contribution in [0, 0.1) is 0 Å². The Morgan fingerprint density at radius 1 is 0.340 bits per heavy atom. The fourth-order valence-corrected chi connectivity index (χ4v) is 8.40. The minimum atomic E-state index is 0.876. The van der Waals surface area contributed by atoms with Crippen LogP contribution in [0.1, 0.15) is 0 Å². The highest BCUT2D eigenvalue weighted by atomic mass is 16.3. The average molecular weight is 636 g/mol. The van der Waals surface area contributed by atoms with E-state index in [0.717, 1.165) is 39.0 Å². The van der Waals surface area contributed by atoms with Crippen LogP contribution in [0.2, 0.25) is 0 Å². The first-order valence-corrected chi connectivity index (χ1v) is 17.2. The molecule has 0 aliphatic heterocycles. The molecule has 0 spiro atoms. The number of benzene rings is 8. The number of hydrogen-bond donors (Lipinski definition) is 0. The van der Waals surface area contributed by atoms with Crippen molar-refractivity contribution in [1.82, 2.24) is 0 Å². The molecule has 0 unspecified atom stereocenters. The van der Waals surface area contributed by atoms with E-state index in [9.17, 15) is 0 Å². The van der Waals surface area contributed by atoms with Crippen molar-refractivity contribution in [3.05, 3.63) is 176 Å². The zero-order chi connectivity index (χ0) is 32.8. The SMILES string of the molecule is c1ccc(-c2ccc(N(c3ccc4c(c3)-c3c5cccc3-c3cccc-4c3-c3ccccc3-5)c3cccc4c3oc3ccccc34)cc2)cc1. The Hall–Kier alpha value is -6.64. The average Bonchev–Trinajstić information content (AvgIpc) is 3.52. The second-order valence-electron chi connectivity index (χ2n) is 13.2. The molecule has 232 valence electrons. The first-order valence-electron chi connectivity index (χ1n) is 17.2. The Bertz CT molecular complexity index is 2780. The molecule has 0 saturated heterocycles. The lowest BCUT2D eigenvalue weighted by molar-refractivity contribution is 0.669. The summed E-state index contributed by atoms with van der Waals surface area (Å²) >= 11 is 0. The maximum absolute atomic E-state index is 6.66. The lowest BCUT2D eigenvalue weighted by Crippen LogP contribution is -2.10. The molecule has 2 aliphatic rings. The summed E-state index contributed by atoms with van der Waals surface area (Å²) in [4.78, 5) is 2.36. The van der Waals surface area contributed by atoms with E-state index in [2.05, 4.69) is 175 Å². The summed E-state index contributed by atoms with van der Waals surface area (Å²) in [6, 6.07) is 63.8. The highest BCUT2D eigenvalue weighted by molar-refractivity contribution is 6.15. The fraction of sp³-hybridized carbons (Fsp3) is 0. The minimum absolute atomic E-state index is 0.876. The first-order chi connectivity index (χ1) is 24.8. The number of furan rings is 1. The summed E-state index contributed by atoms with van der Waals surface area (Å²) in [5.74, 6) is 0. The maximum Gasteiger partial charge on any atom is 0.159 e. The van der Waals surface area contributed by atoms with E-state index in [1.54, 1.807) is 0 Å². The highest BCUT2D eigenvalue weighted by Gasteiger charge is 2.31. The standard InChI is InChI=1S/C48H29NO/c1-2-11-30(12-3-1)31-23-25-32(26-24-31)49(44-21-10-20-42-36-14-6-7-22-45(36)50-48(42)44)33-27-28-35-39-17-9-18-40-41-19-8-16-38(47(41)43(35)29-33)34-13-4-5-15-37(34)46(39)40/h1-29H. The highest BCUT2D eigenvalue weighted by Crippen LogP contribution is 2.58. The van der Waals surface area contributed by atoms with Crippen molar-refractivity contribution in [3.8, 4) is 66.8 Å². The largest absolute Gasteiger partial charge is 0.454 e. The Kier molecular flexibility index (Phi) is 5.70. The van der Waals surface area contributed by atoms with Gasteiger partial charge in [0.25, 0.3) is 0 Å². The summed E-state index contributed by atoms with van der Waals surface area (Å²) in [7, 11) is 0. The van der Waals surface area contributed by atoms with Gasteiger partial charge in [-0.2, -0.15) is 0 Å². The Morgan fingerprint density at radius 2 is 0.880 bits per heavy atom. The number of para-hydroxylation sites is 2. The molecule has 0 amide bonds. The van der Waals surface area contributed by atoms with Crippen LogP contribution in [0.5, 0.6) is 0 Å². The van der Waals surface area contributed by atoms with Crippen molar-refractivity contribution < 1.29 is 4.42 Å². The summed E-state index contributed by atoms with van der Waals surface area (Å²) in [5.41, 5.74) is 20.1. The molecular weight excluding hydrogens is 607 g/mol. The lowest BCUT2D eigenvalue weighted by atomic mass is 9.83. The quantitative estimate of drug-likeness (QED) is 0.191. The Labute approximate surface area is 290 Å². The van der Waals surface area contributed by atoms with Gasteiger partial charge in [-0.05, 0) is 103 Å². The van der Waals surface area contributed by atoms with Crippen LogP contribution >= 0.6 is 0 Å². The van der Waals surface area contributed by atoms with Gasteiger partial charge in [0.15, 0.2) is 5.58 Å². The third-order valence-corrected chi connectivity index (χ3v) is 10.6. The predicted molar refractivity (Wildman–Crippen MR) is 208 cm³/mol. The van der Waals surface area contributed by atoms with E-state index in [0.29, 0.717) is 0 Å². The van der Waals surface area contributed by atoms with E-state index in [-0.39, 0.29) is 0 Å². The molecule has 0 N–H and O–H groups in total. The maximum atomic E-state index is 6.66. The number of anilines is 3. The molecule has 0 fully saturated rings. The summed E-state index contributed by atoms with van der Waals surface area (Å²) in [6.07, 6.45) is 0. The van der Waals surface area contributed by atoms with Gasteiger partial charge in [0.1, 0.15) is 5.58 Å². The number of rotatable bonds is 4.